The first-order valence-electron chi connectivity index (χ1n) is 13.0. The van der Waals surface area contributed by atoms with E-state index in [4.69, 9.17) is 4.74 Å². The summed E-state index contributed by atoms with van der Waals surface area (Å²) in [4.78, 5) is 19.1. The molecule has 1 aromatic heterocycles. The van der Waals surface area contributed by atoms with Gasteiger partial charge in [-0.2, -0.15) is 18.3 Å². The van der Waals surface area contributed by atoms with Crippen molar-refractivity contribution >= 4 is 11.6 Å². The van der Waals surface area contributed by atoms with Crippen LogP contribution in [0.4, 0.5) is 23.2 Å². The number of carbonyl (C=O) groups excluding carboxylic acids is 1. The SMILES string of the molecule is Cn1ncnc1[C@@H](c1cc(F)cc(N2Cc3c(cc(CNC4(C)CCC4)cc3C(F)(F)F)C2=O)c1)C1COC1. The molecule has 3 aliphatic rings. The van der Waals surface area contributed by atoms with E-state index in [9.17, 15) is 18.0 Å². The molecule has 0 spiro atoms. The van der Waals surface area contributed by atoms with Crippen LogP contribution in [0.1, 0.15) is 70.5 Å². The third-order valence-corrected chi connectivity index (χ3v) is 8.32. The van der Waals surface area contributed by atoms with E-state index in [0.29, 0.717) is 30.2 Å². The highest BCUT2D eigenvalue weighted by Gasteiger charge is 2.41. The molecule has 3 heterocycles. The van der Waals surface area contributed by atoms with Crippen LogP contribution in [-0.4, -0.2) is 39.4 Å². The van der Waals surface area contributed by atoms with Gasteiger partial charge in [0.05, 0.1) is 31.2 Å². The number of hydrogen-bond acceptors (Lipinski definition) is 5. The van der Waals surface area contributed by atoms with Crippen LogP contribution in [0.25, 0.3) is 0 Å². The molecule has 6 rings (SSSR count). The number of nitrogens with one attached hydrogen (secondary N) is 1. The van der Waals surface area contributed by atoms with E-state index in [1.54, 1.807) is 17.8 Å². The van der Waals surface area contributed by atoms with Crippen molar-refractivity contribution in [2.45, 2.75) is 56.9 Å². The van der Waals surface area contributed by atoms with Gasteiger partial charge in [-0.05, 0) is 73.2 Å². The minimum absolute atomic E-state index is 0.00319. The van der Waals surface area contributed by atoms with E-state index in [1.807, 2.05) is 6.92 Å². The molecular formula is C28H29F4N5O2. The summed E-state index contributed by atoms with van der Waals surface area (Å²) in [5.41, 5.74) is 0.151. The number of nitrogens with zero attached hydrogens (tertiary/aromatic N) is 4. The van der Waals surface area contributed by atoms with Crippen molar-refractivity contribution in [3.63, 3.8) is 0 Å². The molecule has 0 radical (unpaired) electrons. The van der Waals surface area contributed by atoms with Crippen molar-refractivity contribution in [3.8, 4) is 0 Å². The zero-order valence-electron chi connectivity index (χ0n) is 21.7. The van der Waals surface area contributed by atoms with E-state index in [-0.39, 0.29) is 47.3 Å². The molecule has 1 amide bonds. The van der Waals surface area contributed by atoms with Crippen molar-refractivity contribution in [2.24, 2.45) is 13.0 Å². The summed E-state index contributed by atoms with van der Waals surface area (Å²) < 4.78 is 64.5. The Bertz CT molecular complexity index is 1430. The molecule has 1 atom stereocenters. The molecule has 206 valence electrons. The topological polar surface area (TPSA) is 72.3 Å². The van der Waals surface area contributed by atoms with Gasteiger partial charge in [-0.3, -0.25) is 9.48 Å². The zero-order valence-corrected chi connectivity index (χ0v) is 21.7. The van der Waals surface area contributed by atoms with Gasteiger partial charge in [0.2, 0.25) is 0 Å². The van der Waals surface area contributed by atoms with Crippen molar-refractivity contribution in [2.75, 3.05) is 18.1 Å². The van der Waals surface area contributed by atoms with E-state index >= 15 is 4.39 Å². The summed E-state index contributed by atoms with van der Waals surface area (Å²) >= 11 is 0. The summed E-state index contributed by atoms with van der Waals surface area (Å²) in [6.07, 6.45) is -0.221. The van der Waals surface area contributed by atoms with E-state index in [0.717, 1.165) is 25.3 Å². The second-order valence-corrected chi connectivity index (χ2v) is 11.1. The second kappa shape index (κ2) is 9.41. The first-order valence-corrected chi connectivity index (χ1v) is 13.0. The molecule has 0 unspecified atom stereocenters. The fourth-order valence-corrected chi connectivity index (χ4v) is 5.83. The number of hydrogen-bond donors (Lipinski definition) is 1. The Labute approximate surface area is 223 Å². The Kier molecular flexibility index (Phi) is 6.26. The lowest BCUT2D eigenvalue weighted by Crippen LogP contribution is -2.47. The number of aryl methyl sites for hydroxylation is 1. The van der Waals surface area contributed by atoms with Crippen LogP contribution in [0, 0.1) is 11.7 Å². The Balaban J connectivity index is 1.36. The smallest absolute Gasteiger partial charge is 0.381 e. The number of rotatable bonds is 7. The molecule has 1 saturated heterocycles. The predicted octanol–water partition coefficient (Wildman–Crippen LogP) is 4.94. The second-order valence-electron chi connectivity index (χ2n) is 11.1. The van der Waals surface area contributed by atoms with Crippen LogP contribution in [0.3, 0.4) is 0 Å². The number of benzene rings is 2. The van der Waals surface area contributed by atoms with Crippen molar-refractivity contribution in [1.29, 1.82) is 0 Å². The third kappa shape index (κ3) is 4.71. The first kappa shape index (κ1) is 25.9. The van der Waals surface area contributed by atoms with Gasteiger partial charge in [0, 0.05) is 36.3 Å². The third-order valence-electron chi connectivity index (χ3n) is 8.32. The minimum atomic E-state index is -4.63. The molecule has 0 bridgehead atoms. The summed E-state index contributed by atoms with van der Waals surface area (Å²) in [6, 6.07) is 6.89. The standard InChI is InChI=1S/C28H29F4N5O2/c1-27(4-3-5-27)34-11-16-6-21-22(23(7-16)28(30,31)32)12-37(26(21)38)20-9-17(8-19(29)10-20)24(18-13-39-14-18)25-33-15-35-36(25)2/h6-10,15,18,24,34H,3-5,11-14H2,1-2H3/t24-/m0/s1. The molecule has 39 heavy (non-hydrogen) atoms. The number of fused-ring (bicyclic) bond motifs is 1. The summed E-state index contributed by atoms with van der Waals surface area (Å²) in [7, 11) is 1.74. The van der Waals surface area contributed by atoms with Crippen LogP contribution in [0.2, 0.25) is 0 Å². The minimum Gasteiger partial charge on any atom is -0.381 e. The quantitative estimate of drug-likeness (QED) is 0.428. The average molecular weight is 544 g/mol. The van der Waals surface area contributed by atoms with Gasteiger partial charge >= 0.3 is 6.18 Å². The van der Waals surface area contributed by atoms with Crippen LogP contribution in [0.5, 0.6) is 0 Å². The highest BCUT2D eigenvalue weighted by molar-refractivity contribution is 6.10. The molecule has 11 heteroatoms. The van der Waals surface area contributed by atoms with Crippen LogP contribution >= 0.6 is 0 Å². The largest absolute Gasteiger partial charge is 0.416 e. The Morgan fingerprint density at radius 1 is 1.18 bits per heavy atom. The lowest BCUT2D eigenvalue weighted by Gasteiger charge is -2.39. The summed E-state index contributed by atoms with van der Waals surface area (Å²) in [5.74, 6) is -0.873. The molecule has 7 nitrogen and oxygen atoms in total. The normalized spacial score (nSPS) is 19.5. The maximum atomic E-state index is 15.0. The Hall–Kier alpha value is -3.31. The first-order chi connectivity index (χ1) is 18.5. The van der Waals surface area contributed by atoms with Crippen LogP contribution < -0.4 is 10.2 Å². The highest BCUT2D eigenvalue weighted by atomic mass is 19.4. The maximum Gasteiger partial charge on any atom is 0.416 e. The highest BCUT2D eigenvalue weighted by Crippen LogP contribution is 2.42. The summed E-state index contributed by atoms with van der Waals surface area (Å²) in [5, 5.41) is 7.48. The zero-order chi connectivity index (χ0) is 27.5. The van der Waals surface area contributed by atoms with Crippen LogP contribution in [-0.2, 0) is 31.1 Å². The Morgan fingerprint density at radius 2 is 1.95 bits per heavy atom. The molecule has 2 aliphatic heterocycles. The van der Waals surface area contributed by atoms with Gasteiger partial charge in [0.15, 0.2) is 0 Å². The molecule has 1 saturated carbocycles. The van der Waals surface area contributed by atoms with E-state index < -0.39 is 23.5 Å². The van der Waals surface area contributed by atoms with Gasteiger partial charge in [-0.15, -0.1) is 0 Å². The maximum absolute atomic E-state index is 15.0. The molecule has 3 aromatic rings. The Morgan fingerprint density at radius 3 is 2.54 bits per heavy atom. The number of carbonyl (C=O) groups is 1. The number of ether oxygens (including phenoxy) is 1. The lowest BCUT2D eigenvalue weighted by atomic mass is 9.78. The van der Waals surface area contributed by atoms with Crippen LogP contribution in [0.15, 0.2) is 36.7 Å². The monoisotopic (exact) mass is 543 g/mol. The van der Waals surface area contributed by atoms with Crippen molar-refractivity contribution in [3.05, 3.63) is 76.1 Å². The van der Waals surface area contributed by atoms with Gasteiger partial charge in [0.1, 0.15) is 18.0 Å². The molecule has 2 aromatic carbocycles. The number of halogens is 4. The predicted molar refractivity (Wildman–Crippen MR) is 135 cm³/mol. The van der Waals surface area contributed by atoms with Crippen molar-refractivity contribution in [1.82, 2.24) is 20.1 Å². The van der Waals surface area contributed by atoms with E-state index in [2.05, 4.69) is 15.4 Å². The van der Waals surface area contributed by atoms with Gasteiger partial charge in [0.25, 0.3) is 5.91 Å². The molecule has 1 N–H and O–H groups in total. The van der Waals surface area contributed by atoms with Gasteiger partial charge in [-0.25, -0.2) is 9.37 Å². The molecule has 2 fully saturated rings. The number of aromatic nitrogens is 3. The van der Waals surface area contributed by atoms with Gasteiger partial charge < -0.3 is 15.0 Å². The molecule has 1 aliphatic carbocycles. The fraction of sp³-hybridized carbons (Fsp3) is 0.464. The van der Waals surface area contributed by atoms with E-state index in [1.165, 1.54) is 29.4 Å². The lowest BCUT2D eigenvalue weighted by molar-refractivity contribution is -0.138. The fourth-order valence-electron chi connectivity index (χ4n) is 5.83. The number of amides is 1. The average Bonchev–Trinajstić information content (AvgIpc) is 3.40. The number of anilines is 1. The van der Waals surface area contributed by atoms with Crippen molar-refractivity contribution < 1.29 is 27.1 Å². The molecular weight excluding hydrogens is 514 g/mol. The number of alkyl halides is 3. The van der Waals surface area contributed by atoms with Gasteiger partial charge in [-0.1, -0.05) is 0 Å². The summed E-state index contributed by atoms with van der Waals surface area (Å²) in [6.45, 7) is 2.91.